The van der Waals surface area contributed by atoms with Crippen molar-refractivity contribution in [3.8, 4) is 0 Å². The highest BCUT2D eigenvalue weighted by molar-refractivity contribution is 5.82. The summed E-state index contributed by atoms with van der Waals surface area (Å²) in [4.78, 5) is 4.56. The van der Waals surface area contributed by atoms with Gasteiger partial charge >= 0.3 is 0 Å². The second-order valence-electron chi connectivity index (χ2n) is 4.31. The van der Waals surface area contributed by atoms with E-state index in [0.29, 0.717) is 6.04 Å². The van der Waals surface area contributed by atoms with E-state index in [1.165, 1.54) is 44.5 Å². The van der Waals surface area contributed by atoms with Gasteiger partial charge in [0.25, 0.3) is 0 Å². The Bertz CT molecular complexity index is 195. The predicted octanol–water partition coefficient (Wildman–Crippen LogP) is 1.30. The number of aliphatic imine (C=N–C) groups is 1. The molecule has 0 aliphatic carbocycles. The first-order valence-corrected chi connectivity index (χ1v) is 5.96. The Morgan fingerprint density at radius 1 is 1.29 bits per heavy atom. The fraction of sp³-hybridized carbons (Fsp3) is 0.909. The lowest BCUT2D eigenvalue weighted by Crippen LogP contribution is -2.37. The molecular formula is C11H21N3. The first-order chi connectivity index (χ1) is 6.95. The van der Waals surface area contributed by atoms with Crippen molar-refractivity contribution in [2.24, 2.45) is 4.99 Å². The summed E-state index contributed by atoms with van der Waals surface area (Å²) in [5.74, 6) is 1.25. The van der Waals surface area contributed by atoms with Crippen LogP contribution < -0.4 is 10.6 Å². The Morgan fingerprint density at radius 2 is 2.29 bits per heavy atom. The molecule has 2 aliphatic rings. The van der Waals surface area contributed by atoms with Gasteiger partial charge in [0, 0.05) is 25.6 Å². The zero-order valence-corrected chi connectivity index (χ0v) is 8.89. The van der Waals surface area contributed by atoms with Gasteiger partial charge in [0.1, 0.15) is 0 Å². The minimum atomic E-state index is 0.681. The molecule has 0 bridgehead atoms. The molecule has 1 unspecified atom stereocenters. The van der Waals surface area contributed by atoms with Crippen molar-refractivity contribution in [1.82, 2.24) is 10.6 Å². The van der Waals surface area contributed by atoms with E-state index in [4.69, 9.17) is 0 Å². The number of nitrogens with one attached hydrogen (secondary N) is 2. The topological polar surface area (TPSA) is 36.4 Å². The van der Waals surface area contributed by atoms with Gasteiger partial charge < -0.3 is 10.6 Å². The summed E-state index contributed by atoms with van der Waals surface area (Å²) in [6.07, 6.45) is 7.74. The number of hydrogen-bond acceptors (Lipinski definition) is 3. The molecule has 2 N–H and O–H groups in total. The molecule has 14 heavy (non-hydrogen) atoms. The summed E-state index contributed by atoms with van der Waals surface area (Å²) >= 11 is 0. The smallest absolute Gasteiger partial charge is 0.0963 e. The maximum absolute atomic E-state index is 4.56. The summed E-state index contributed by atoms with van der Waals surface area (Å²) in [6, 6.07) is 0.681. The fourth-order valence-electron chi connectivity index (χ4n) is 2.19. The molecule has 2 heterocycles. The lowest BCUT2D eigenvalue weighted by molar-refractivity contribution is 0.585. The molecule has 0 radical (unpaired) electrons. The summed E-state index contributed by atoms with van der Waals surface area (Å²) in [5, 5.41) is 6.99. The molecule has 3 heteroatoms. The lowest BCUT2D eigenvalue weighted by Gasteiger charge is -2.13. The minimum absolute atomic E-state index is 0.681. The van der Waals surface area contributed by atoms with Crippen molar-refractivity contribution in [2.45, 2.75) is 44.6 Å². The van der Waals surface area contributed by atoms with E-state index in [9.17, 15) is 0 Å². The van der Waals surface area contributed by atoms with Gasteiger partial charge in [-0.15, -0.1) is 0 Å². The van der Waals surface area contributed by atoms with Crippen LogP contribution in [0.3, 0.4) is 0 Å². The molecule has 1 saturated heterocycles. The molecular weight excluding hydrogens is 174 g/mol. The summed E-state index contributed by atoms with van der Waals surface area (Å²) in [7, 11) is 0. The molecule has 1 atom stereocenters. The van der Waals surface area contributed by atoms with Gasteiger partial charge in [-0.2, -0.15) is 0 Å². The molecule has 2 rings (SSSR count). The molecule has 1 fully saturated rings. The van der Waals surface area contributed by atoms with Crippen LogP contribution in [-0.2, 0) is 0 Å². The standard InChI is InChI=1S/C11H21N3/c1-2-6-11(13-7-3-1)14-9-10-5-4-8-12-10/h10,12H,1-9H2,(H,13,14). The number of rotatable bonds is 2. The fourth-order valence-corrected chi connectivity index (χ4v) is 2.19. The number of hydrogen-bond donors (Lipinski definition) is 2. The maximum Gasteiger partial charge on any atom is 0.0963 e. The van der Waals surface area contributed by atoms with E-state index in [1.54, 1.807) is 0 Å². The van der Waals surface area contributed by atoms with Crippen LogP contribution in [0.2, 0.25) is 0 Å². The van der Waals surface area contributed by atoms with Crippen LogP contribution in [0, 0.1) is 0 Å². The third-order valence-corrected chi connectivity index (χ3v) is 3.09. The largest absolute Gasteiger partial charge is 0.372 e. The minimum Gasteiger partial charge on any atom is -0.372 e. The average molecular weight is 195 g/mol. The van der Waals surface area contributed by atoms with E-state index >= 15 is 0 Å². The maximum atomic E-state index is 4.56. The third-order valence-electron chi connectivity index (χ3n) is 3.09. The van der Waals surface area contributed by atoms with E-state index in [0.717, 1.165) is 19.5 Å². The third kappa shape index (κ3) is 2.98. The summed E-state index contributed by atoms with van der Waals surface area (Å²) in [5.41, 5.74) is 0. The normalized spacial score (nSPS) is 28.3. The highest BCUT2D eigenvalue weighted by Crippen LogP contribution is 2.07. The predicted molar refractivity (Wildman–Crippen MR) is 59.8 cm³/mol. The van der Waals surface area contributed by atoms with Gasteiger partial charge in [0.15, 0.2) is 0 Å². The van der Waals surface area contributed by atoms with Crippen LogP contribution in [0.4, 0.5) is 0 Å². The Balaban J connectivity index is 1.70. The van der Waals surface area contributed by atoms with Crippen molar-refractivity contribution in [2.75, 3.05) is 19.6 Å². The molecule has 2 aliphatic heterocycles. The van der Waals surface area contributed by atoms with E-state index in [-0.39, 0.29) is 0 Å². The van der Waals surface area contributed by atoms with Crippen molar-refractivity contribution < 1.29 is 0 Å². The summed E-state index contributed by atoms with van der Waals surface area (Å²) < 4.78 is 0. The van der Waals surface area contributed by atoms with Crippen molar-refractivity contribution in [1.29, 1.82) is 0 Å². The van der Waals surface area contributed by atoms with Crippen molar-refractivity contribution in [3.63, 3.8) is 0 Å². The van der Waals surface area contributed by atoms with Crippen LogP contribution in [-0.4, -0.2) is 31.5 Å². The lowest BCUT2D eigenvalue weighted by atomic mass is 10.2. The monoisotopic (exact) mass is 195 g/mol. The Labute approximate surface area is 86.4 Å². The molecule has 0 amide bonds. The second kappa shape index (κ2) is 5.35. The first-order valence-electron chi connectivity index (χ1n) is 5.96. The Morgan fingerprint density at radius 3 is 3.14 bits per heavy atom. The van der Waals surface area contributed by atoms with Gasteiger partial charge in [0.2, 0.25) is 0 Å². The van der Waals surface area contributed by atoms with E-state index in [1.807, 2.05) is 0 Å². The molecule has 3 nitrogen and oxygen atoms in total. The highest BCUT2D eigenvalue weighted by atomic mass is 15.0. The van der Waals surface area contributed by atoms with Crippen LogP contribution in [0.5, 0.6) is 0 Å². The second-order valence-corrected chi connectivity index (χ2v) is 4.31. The molecule has 0 aromatic rings. The quantitative estimate of drug-likeness (QED) is 0.697. The Hall–Kier alpha value is -0.570. The van der Waals surface area contributed by atoms with Gasteiger partial charge in [-0.05, 0) is 32.2 Å². The highest BCUT2D eigenvalue weighted by Gasteiger charge is 2.14. The van der Waals surface area contributed by atoms with Crippen LogP contribution in [0.15, 0.2) is 4.99 Å². The van der Waals surface area contributed by atoms with E-state index < -0.39 is 0 Å². The van der Waals surface area contributed by atoms with Crippen molar-refractivity contribution in [3.05, 3.63) is 0 Å². The zero-order valence-electron chi connectivity index (χ0n) is 8.89. The van der Waals surface area contributed by atoms with Gasteiger partial charge in [-0.25, -0.2) is 0 Å². The van der Waals surface area contributed by atoms with E-state index in [2.05, 4.69) is 15.6 Å². The molecule has 0 saturated carbocycles. The molecule has 80 valence electrons. The average Bonchev–Trinajstić information content (AvgIpc) is 2.58. The van der Waals surface area contributed by atoms with Crippen molar-refractivity contribution >= 4 is 5.84 Å². The van der Waals surface area contributed by atoms with Crippen LogP contribution in [0.25, 0.3) is 0 Å². The van der Waals surface area contributed by atoms with Gasteiger partial charge in [0.05, 0.1) is 5.84 Å². The Kier molecular flexibility index (Phi) is 3.80. The van der Waals surface area contributed by atoms with Gasteiger partial charge in [-0.1, -0.05) is 6.42 Å². The number of nitrogens with zero attached hydrogens (tertiary/aromatic N) is 1. The van der Waals surface area contributed by atoms with Crippen LogP contribution in [0.1, 0.15) is 38.5 Å². The SMILES string of the molecule is C1CCN=C(NCC2CCCN2)CC1. The number of amidine groups is 1. The zero-order chi connectivity index (χ0) is 9.64. The summed E-state index contributed by atoms with van der Waals surface area (Å²) in [6.45, 7) is 3.29. The molecule has 0 aromatic carbocycles. The van der Waals surface area contributed by atoms with Crippen LogP contribution >= 0.6 is 0 Å². The molecule has 0 aromatic heterocycles. The first kappa shape index (κ1) is 9.97. The molecule has 0 spiro atoms. The van der Waals surface area contributed by atoms with Gasteiger partial charge in [-0.3, -0.25) is 4.99 Å².